The van der Waals surface area contributed by atoms with Gasteiger partial charge in [0.2, 0.25) is 23.6 Å². The first-order valence-electron chi connectivity index (χ1n) is 23.3. The number of likely N-dealkylation sites (tertiary alicyclic amines) is 1. The van der Waals surface area contributed by atoms with E-state index in [1.54, 1.807) is 32.4 Å². The Morgan fingerprint density at radius 1 is 0.905 bits per heavy atom. The van der Waals surface area contributed by atoms with Crippen LogP contribution in [0.5, 0.6) is 0 Å². The molecule has 0 radical (unpaired) electrons. The zero-order valence-corrected chi connectivity index (χ0v) is 41.2. The topological polar surface area (TPSA) is 140 Å². The molecule has 4 rings (SSSR count). The summed E-state index contributed by atoms with van der Waals surface area (Å²) in [5.41, 5.74) is 1.09. The number of piperazine rings is 1. The molecule has 9 atom stereocenters. The van der Waals surface area contributed by atoms with E-state index in [0.29, 0.717) is 19.4 Å². The zero-order valence-electron chi connectivity index (χ0n) is 40.4. The van der Waals surface area contributed by atoms with Crippen molar-refractivity contribution in [1.82, 2.24) is 40.1 Å². The first-order valence-corrected chi connectivity index (χ1v) is 24.2. The molecule has 63 heavy (non-hydrogen) atoms. The first-order chi connectivity index (χ1) is 30.0. The van der Waals surface area contributed by atoms with Crippen LogP contribution in [0.1, 0.15) is 90.8 Å². The monoisotopic (exact) mass is 897 g/mol. The van der Waals surface area contributed by atoms with Crippen LogP contribution in [-0.4, -0.2) is 171 Å². The summed E-state index contributed by atoms with van der Waals surface area (Å²) in [5.74, 6) is -1.35. The molecule has 4 amide bonds. The number of nitrogens with one attached hydrogen (secondary N) is 2. The summed E-state index contributed by atoms with van der Waals surface area (Å²) in [6.45, 7) is 20.3. The van der Waals surface area contributed by atoms with E-state index >= 15 is 0 Å². The number of carbonyl (C=O) groups excluding carboxylic acids is 4. The number of thiazole rings is 1. The van der Waals surface area contributed by atoms with Crippen molar-refractivity contribution in [2.45, 2.75) is 123 Å². The fraction of sp³-hybridized carbons (Fsp3) is 0.729. The molecule has 2 aromatic rings. The molecule has 2 aliphatic heterocycles. The van der Waals surface area contributed by atoms with Crippen molar-refractivity contribution >= 4 is 35.0 Å². The van der Waals surface area contributed by atoms with Gasteiger partial charge in [0, 0.05) is 78.7 Å². The number of benzene rings is 1. The third-order valence-electron chi connectivity index (χ3n) is 13.6. The highest BCUT2D eigenvalue weighted by Crippen LogP contribution is 2.31. The van der Waals surface area contributed by atoms with Crippen LogP contribution >= 0.6 is 11.3 Å². The highest BCUT2D eigenvalue weighted by atomic mass is 32.1. The minimum atomic E-state index is -0.768. The average Bonchev–Trinajstić information content (AvgIpc) is 3.99. The molecule has 2 fully saturated rings. The number of amides is 4. The van der Waals surface area contributed by atoms with Gasteiger partial charge in [-0.15, -0.1) is 11.3 Å². The van der Waals surface area contributed by atoms with Gasteiger partial charge < -0.3 is 34.8 Å². The van der Waals surface area contributed by atoms with Crippen molar-refractivity contribution in [2.24, 2.45) is 23.7 Å². The van der Waals surface area contributed by atoms with Gasteiger partial charge in [0.05, 0.1) is 48.7 Å². The van der Waals surface area contributed by atoms with E-state index in [9.17, 15) is 19.2 Å². The Bertz CT molecular complexity index is 1690. The lowest BCUT2D eigenvalue weighted by molar-refractivity contribution is -0.148. The number of hydrogen-bond donors (Lipinski definition) is 2. The summed E-state index contributed by atoms with van der Waals surface area (Å²) in [5, 5.41) is 9.17. The largest absolute Gasteiger partial charge is 0.379 e. The van der Waals surface area contributed by atoms with Crippen LogP contribution in [-0.2, 0) is 35.1 Å². The first kappa shape index (κ1) is 52.2. The Balaban J connectivity index is 1.45. The number of nitrogens with zero attached hydrogens (tertiary/aromatic N) is 6. The van der Waals surface area contributed by atoms with Crippen molar-refractivity contribution in [1.29, 1.82) is 0 Å². The molecule has 15 heteroatoms. The molecule has 1 aromatic heterocycles. The van der Waals surface area contributed by atoms with Gasteiger partial charge in [0.15, 0.2) is 0 Å². The van der Waals surface area contributed by atoms with Crippen molar-refractivity contribution in [2.75, 3.05) is 81.2 Å². The third-order valence-corrected chi connectivity index (χ3v) is 14.5. The molecule has 2 saturated heterocycles. The van der Waals surface area contributed by atoms with Crippen molar-refractivity contribution < 1.29 is 28.7 Å². The van der Waals surface area contributed by atoms with Crippen LogP contribution in [0.4, 0.5) is 0 Å². The number of methoxy groups -OCH3 is 2. The molecule has 2 N–H and O–H groups in total. The van der Waals surface area contributed by atoms with Gasteiger partial charge in [-0.25, -0.2) is 4.98 Å². The highest BCUT2D eigenvalue weighted by Gasteiger charge is 2.43. The Morgan fingerprint density at radius 3 is 2.16 bits per heavy atom. The molecule has 0 bridgehead atoms. The van der Waals surface area contributed by atoms with E-state index in [4.69, 9.17) is 9.47 Å². The molecule has 0 saturated carbocycles. The lowest BCUT2D eigenvalue weighted by Crippen LogP contribution is -2.60. The zero-order chi connectivity index (χ0) is 46.4. The minimum Gasteiger partial charge on any atom is -0.379 e. The van der Waals surface area contributed by atoms with Crippen molar-refractivity contribution in [3.8, 4) is 0 Å². The predicted molar refractivity (Wildman–Crippen MR) is 251 cm³/mol. The summed E-state index contributed by atoms with van der Waals surface area (Å²) >= 11 is 1.51. The number of rotatable bonds is 24. The van der Waals surface area contributed by atoms with Gasteiger partial charge in [-0.3, -0.25) is 29.0 Å². The second-order valence-electron chi connectivity index (χ2n) is 18.8. The molecule has 14 nitrogen and oxygen atoms in total. The summed E-state index contributed by atoms with van der Waals surface area (Å²) in [6.07, 6.45) is 3.47. The standard InChI is InChI=1S/C48H80N8O6S/c1-13-34(6)43(54(10)48(60)41(32(2)3)51-46(59)42(33(4)5)53(9)25-28-55-26-23-52(8)24-27-55)39(61-11)31-40(57)56-22-17-20-38(56)44(62-12)35(7)45(58)50-37(47-49-21-29-63-47)30-36-18-15-14-16-19-36/h14-16,18-19,21,29,32-35,37-39,41-44H,13,17,20,22-28,30-31H2,1-12H3,(H,50,58)(H,51,59)/t34-,35+,37-,38-,39+,41-,42-,43-,44+/m0/s1. The van der Waals surface area contributed by atoms with E-state index in [2.05, 4.69) is 65.1 Å². The number of ether oxygens (including phenoxy) is 2. The Morgan fingerprint density at radius 2 is 1.59 bits per heavy atom. The number of hydrogen-bond acceptors (Lipinski definition) is 11. The van der Waals surface area contributed by atoms with E-state index < -0.39 is 36.3 Å². The van der Waals surface area contributed by atoms with E-state index in [0.717, 1.165) is 62.7 Å². The number of carbonyl (C=O) groups is 4. The average molecular weight is 897 g/mol. The smallest absolute Gasteiger partial charge is 0.245 e. The van der Waals surface area contributed by atoms with Crippen LogP contribution in [0.25, 0.3) is 0 Å². The van der Waals surface area contributed by atoms with Crippen molar-refractivity contribution in [3.63, 3.8) is 0 Å². The van der Waals surface area contributed by atoms with Crippen LogP contribution in [0, 0.1) is 23.7 Å². The molecular weight excluding hydrogens is 817 g/mol. The normalized spacial score (nSPS) is 20.2. The fourth-order valence-electron chi connectivity index (χ4n) is 9.56. The second kappa shape index (κ2) is 25.3. The van der Waals surface area contributed by atoms with Crippen molar-refractivity contribution in [3.05, 3.63) is 52.5 Å². The maximum Gasteiger partial charge on any atom is 0.245 e. The summed E-state index contributed by atoms with van der Waals surface area (Å²) in [6, 6.07) is 7.80. The third kappa shape index (κ3) is 14.3. The Labute approximate surface area is 382 Å². The molecular formula is C48H80N8O6S. The van der Waals surface area contributed by atoms with E-state index in [-0.39, 0.29) is 59.9 Å². The van der Waals surface area contributed by atoms with Gasteiger partial charge in [0.1, 0.15) is 11.0 Å². The molecule has 0 unspecified atom stereocenters. The van der Waals surface area contributed by atoms with Gasteiger partial charge in [-0.05, 0) is 56.7 Å². The van der Waals surface area contributed by atoms with Gasteiger partial charge in [0.25, 0.3) is 0 Å². The van der Waals surface area contributed by atoms with E-state index in [1.807, 2.05) is 68.4 Å². The van der Waals surface area contributed by atoms with Crippen LogP contribution < -0.4 is 10.6 Å². The lowest BCUT2D eigenvalue weighted by Gasteiger charge is -2.41. The molecule has 1 aromatic carbocycles. The van der Waals surface area contributed by atoms with Gasteiger partial charge in [-0.2, -0.15) is 0 Å². The minimum absolute atomic E-state index is 0.0178. The summed E-state index contributed by atoms with van der Waals surface area (Å²) in [7, 11) is 9.12. The van der Waals surface area contributed by atoms with Gasteiger partial charge >= 0.3 is 0 Å². The SMILES string of the molecule is CC[C@H](C)[C@@H]([C@@H](CC(=O)N1CCC[C@H]1[C@H](OC)[C@@H](C)C(=O)N[C@@H](Cc1ccccc1)c1nccs1)OC)N(C)C(=O)[C@@H](NC(=O)[C@H](C(C)C)N(C)CCN1CCN(C)CC1)C(C)C. The quantitative estimate of drug-likeness (QED) is 0.151. The second-order valence-corrected chi connectivity index (χ2v) is 19.7. The lowest BCUT2D eigenvalue weighted by atomic mass is 9.89. The molecule has 3 heterocycles. The molecule has 354 valence electrons. The maximum absolute atomic E-state index is 14.6. The highest BCUT2D eigenvalue weighted by molar-refractivity contribution is 7.09. The van der Waals surface area contributed by atoms with E-state index in [1.165, 1.54) is 11.3 Å². The summed E-state index contributed by atoms with van der Waals surface area (Å²) in [4.78, 5) is 72.2. The van der Waals surface area contributed by atoms with Crippen LogP contribution in [0.15, 0.2) is 41.9 Å². The fourth-order valence-corrected chi connectivity index (χ4v) is 10.2. The summed E-state index contributed by atoms with van der Waals surface area (Å²) < 4.78 is 12.2. The Kier molecular flexibility index (Phi) is 20.9. The van der Waals surface area contributed by atoms with Gasteiger partial charge in [-0.1, -0.05) is 85.2 Å². The molecule has 0 aliphatic carbocycles. The predicted octanol–water partition coefficient (Wildman–Crippen LogP) is 4.81. The molecule has 2 aliphatic rings. The Hall–Kier alpha value is -3.47. The maximum atomic E-state index is 14.6. The number of aromatic nitrogens is 1. The molecule has 0 spiro atoms. The van der Waals surface area contributed by atoms with Crippen LogP contribution in [0.3, 0.4) is 0 Å². The van der Waals surface area contributed by atoms with Crippen LogP contribution in [0.2, 0.25) is 0 Å². The number of likely N-dealkylation sites (N-methyl/N-ethyl adjacent to an activating group) is 3.